The minimum Gasteiger partial charge on any atom is -0.465 e. The fraction of sp³-hybridized carbons (Fsp3) is 0.429. The van der Waals surface area contributed by atoms with Crippen LogP contribution in [0.4, 0.5) is 17.1 Å². The van der Waals surface area contributed by atoms with Crippen molar-refractivity contribution in [3.63, 3.8) is 0 Å². The molecule has 25 heavy (non-hydrogen) atoms. The number of ether oxygens (including phenoxy) is 1. The lowest BCUT2D eigenvalue weighted by molar-refractivity contribution is -0.393. The Bertz CT molecular complexity index is 741. The fourth-order valence-electron chi connectivity index (χ4n) is 2.83. The molecule has 0 spiro atoms. The summed E-state index contributed by atoms with van der Waals surface area (Å²) in [6.07, 6.45) is 0.730. The molecule has 0 atom stereocenters. The number of carbonyl (C=O) groups excluding carboxylic acids is 2. The van der Waals surface area contributed by atoms with Gasteiger partial charge in [0.05, 0.1) is 28.6 Å². The van der Waals surface area contributed by atoms with Crippen LogP contribution in [0.1, 0.15) is 23.2 Å². The molecule has 2 N–H and O–H groups in total. The summed E-state index contributed by atoms with van der Waals surface area (Å²) in [7, 11) is 1.08. The molecule has 1 saturated heterocycles. The predicted octanol–water partition coefficient (Wildman–Crippen LogP) is 0.991. The van der Waals surface area contributed by atoms with E-state index >= 15 is 0 Å². The van der Waals surface area contributed by atoms with E-state index in [2.05, 4.69) is 4.74 Å². The Morgan fingerprint density at radius 2 is 1.80 bits per heavy atom. The van der Waals surface area contributed by atoms with Crippen LogP contribution in [0.2, 0.25) is 0 Å². The van der Waals surface area contributed by atoms with Crippen LogP contribution in [0.5, 0.6) is 0 Å². The van der Waals surface area contributed by atoms with Crippen molar-refractivity contribution in [1.29, 1.82) is 0 Å². The number of hydrogen-bond donors (Lipinski definition) is 1. The normalized spacial score (nSPS) is 14.8. The quantitative estimate of drug-likeness (QED) is 0.466. The highest BCUT2D eigenvalue weighted by molar-refractivity contribution is 5.99. The molecule has 1 fully saturated rings. The van der Waals surface area contributed by atoms with Gasteiger partial charge in [-0.15, -0.1) is 0 Å². The summed E-state index contributed by atoms with van der Waals surface area (Å²) >= 11 is 0. The number of carbonyl (C=O) groups is 2. The molecule has 0 saturated carbocycles. The number of primary amides is 1. The van der Waals surface area contributed by atoms with Crippen molar-refractivity contribution in [2.45, 2.75) is 12.8 Å². The maximum absolute atomic E-state index is 12.0. The lowest BCUT2D eigenvalue weighted by atomic mass is 9.95. The second kappa shape index (κ2) is 7.11. The highest BCUT2D eigenvalue weighted by Crippen LogP contribution is 2.38. The molecule has 1 aromatic rings. The van der Waals surface area contributed by atoms with Gasteiger partial charge in [0.15, 0.2) is 0 Å². The number of benzene rings is 1. The van der Waals surface area contributed by atoms with Crippen LogP contribution in [0.3, 0.4) is 0 Å². The van der Waals surface area contributed by atoms with Crippen molar-refractivity contribution < 1.29 is 24.2 Å². The second-order valence-corrected chi connectivity index (χ2v) is 5.53. The Labute approximate surface area is 141 Å². The van der Waals surface area contributed by atoms with Crippen molar-refractivity contribution >= 4 is 28.9 Å². The number of hydrogen-bond acceptors (Lipinski definition) is 8. The number of non-ortho nitro benzene ring substituents is 1. The third-order valence-corrected chi connectivity index (χ3v) is 4.10. The minimum atomic E-state index is -0.918. The molecule has 1 amide bonds. The molecule has 1 aliphatic heterocycles. The molecule has 0 aliphatic carbocycles. The summed E-state index contributed by atoms with van der Waals surface area (Å²) < 4.78 is 4.61. The molecule has 1 aliphatic rings. The van der Waals surface area contributed by atoms with Gasteiger partial charge in [-0.05, 0) is 12.8 Å². The van der Waals surface area contributed by atoms with Crippen LogP contribution < -0.4 is 10.6 Å². The fourth-order valence-corrected chi connectivity index (χ4v) is 2.83. The van der Waals surface area contributed by atoms with Crippen molar-refractivity contribution in [2.75, 3.05) is 25.1 Å². The minimum absolute atomic E-state index is 0.0506. The molecule has 1 aromatic carbocycles. The third kappa shape index (κ3) is 3.65. The maximum Gasteiger partial charge on any atom is 0.340 e. The van der Waals surface area contributed by atoms with Gasteiger partial charge in [0.1, 0.15) is 5.69 Å². The van der Waals surface area contributed by atoms with Crippen molar-refractivity contribution in [3.05, 3.63) is 37.9 Å². The average molecular weight is 352 g/mol. The molecule has 1 heterocycles. The summed E-state index contributed by atoms with van der Waals surface area (Å²) in [4.78, 5) is 45.7. The first kappa shape index (κ1) is 18.1. The summed E-state index contributed by atoms with van der Waals surface area (Å²) in [6.45, 7) is 0.493. The monoisotopic (exact) mass is 352 g/mol. The van der Waals surface area contributed by atoms with Gasteiger partial charge < -0.3 is 15.4 Å². The van der Waals surface area contributed by atoms with Gasteiger partial charge in [0.25, 0.3) is 11.4 Å². The third-order valence-electron chi connectivity index (χ3n) is 4.10. The molecular weight excluding hydrogens is 336 g/mol. The number of amides is 1. The lowest BCUT2D eigenvalue weighted by Crippen LogP contribution is -2.39. The maximum atomic E-state index is 12.0. The summed E-state index contributed by atoms with van der Waals surface area (Å²) in [6, 6.07) is 1.76. The first-order chi connectivity index (χ1) is 11.8. The molecular formula is C14H16N4O7. The lowest BCUT2D eigenvalue weighted by Gasteiger charge is -2.32. The number of nitro benzene ring substituents is 2. The largest absolute Gasteiger partial charge is 0.465 e. The number of anilines is 1. The Morgan fingerprint density at radius 1 is 1.20 bits per heavy atom. The summed E-state index contributed by atoms with van der Waals surface area (Å²) in [5, 5.41) is 22.4. The van der Waals surface area contributed by atoms with E-state index in [1.54, 1.807) is 4.90 Å². The Hall–Kier alpha value is -3.24. The molecule has 2 rings (SSSR count). The zero-order chi connectivity index (χ0) is 18.7. The smallest absolute Gasteiger partial charge is 0.340 e. The van der Waals surface area contributed by atoms with Gasteiger partial charge >= 0.3 is 5.97 Å². The van der Waals surface area contributed by atoms with Gasteiger partial charge in [-0.2, -0.15) is 0 Å². The number of esters is 1. The van der Waals surface area contributed by atoms with Crippen molar-refractivity contribution in [1.82, 2.24) is 0 Å². The first-order valence-corrected chi connectivity index (χ1v) is 7.35. The van der Waals surface area contributed by atoms with Crippen molar-refractivity contribution in [3.8, 4) is 0 Å². The molecule has 0 aromatic heterocycles. The first-order valence-electron chi connectivity index (χ1n) is 7.35. The zero-order valence-electron chi connectivity index (χ0n) is 13.3. The van der Waals surface area contributed by atoms with Gasteiger partial charge in [0, 0.05) is 25.1 Å². The molecule has 11 nitrogen and oxygen atoms in total. The Balaban J connectivity index is 2.54. The van der Waals surface area contributed by atoms with E-state index in [0.717, 1.165) is 19.2 Å². The number of piperidine rings is 1. The Kier molecular flexibility index (Phi) is 5.15. The van der Waals surface area contributed by atoms with Crippen LogP contribution in [0, 0.1) is 26.1 Å². The van der Waals surface area contributed by atoms with Crippen molar-refractivity contribution in [2.24, 2.45) is 11.7 Å². The van der Waals surface area contributed by atoms with Crippen LogP contribution >= 0.6 is 0 Å². The number of rotatable bonds is 5. The molecule has 0 radical (unpaired) electrons. The highest BCUT2D eigenvalue weighted by Gasteiger charge is 2.34. The number of nitro groups is 2. The van der Waals surface area contributed by atoms with E-state index in [-0.39, 0.29) is 30.3 Å². The predicted molar refractivity (Wildman–Crippen MR) is 85.2 cm³/mol. The van der Waals surface area contributed by atoms with Gasteiger partial charge in [-0.1, -0.05) is 0 Å². The van der Waals surface area contributed by atoms with E-state index in [1.165, 1.54) is 0 Å². The van der Waals surface area contributed by atoms with Crippen LogP contribution in [-0.2, 0) is 9.53 Å². The van der Waals surface area contributed by atoms with E-state index in [1.807, 2.05) is 0 Å². The average Bonchev–Trinajstić information content (AvgIpc) is 2.59. The number of nitrogens with zero attached hydrogens (tertiary/aromatic N) is 3. The van der Waals surface area contributed by atoms with E-state index in [4.69, 9.17) is 5.73 Å². The van der Waals surface area contributed by atoms with Gasteiger partial charge in [-0.3, -0.25) is 25.0 Å². The molecule has 0 bridgehead atoms. The molecule has 11 heteroatoms. The number of nitrogens with two attached hydrogens (primary N) is 1. The van der Waals surface area contributed by atoms with E-state index in [9.17, 15) is 29.8 Å². The van der Waals surface area contributed by atoms with E-state index < -0.39 is 33.1 Å². The molecule has 134 valence electrons. The standard InChI is InChI=1S/C14H16N4O7/c1-25-14(20)10-6-9(17(21)22)7-11(18(23)24)12(10)16-4-2-8(3-5-16)13(15)19/h6-8H,2-5H2,1H3,(H2,15,19). The summed E-state index contributed by atoms with van der Waals surface area (Å²) in [5.41, 5.74) is 3.81. The van der Waals surface area contributed by atoms with Gasteiger partial charge in [-0.25, -0.2) is 4.79 Å². The second-order valence-electron chi connectivity index (χ2n) is 5.53. The van der Waals surface area contributed by atoms with Crippen LogP contribution in [0.15, 0.2) is 12.1 Å². The van der Waals surface area contributed by atoms with Crippen LogP contribution in [-0.4, -0.2) is 41.9 Å². The van der Waals surface area contributed by atoms with Crippen LogP contribution in [0.25, 0.3) is 0 Å². The number of methoxy groups -OCH3 is 1. The summed E-state index contributed by atoms with van der Waals surface area (Å²) in [5.74, 6) is -1.72. The molecule has 0 unspecified atom stereocenters. The highest BCUT2D eigenvalue weighted by atomic mass is 16.6. The van der Waals surface area contributed by atoms with Gasteiger partial charge in [0.2, 0.25) is 5.91 Å². The zero-order valence-corrected chi connectivity index (χ0v) is 13.3. The van der Waals surface area contributed by atoms with E-state index in [0.29, 0.717) is 12.8 Å². The Morgan fingerprint density at radius 3 is 2.24 bits per heavy atom. The SMILES string of the molecule is COC(=O)c1cc([N+](=O)[O-])cc([N+](=O)[O-])c1N1CCC(C(N)=O)CC1. The topological polar surface area (TPSA) is 159 Å².